The molecular formula is C14H15N5O2. The van der Waals surface area contributed by atoms with E-state index in [9.17, 15) is 4.79 Å². The van der Waals surface area contributed by atoms with Gasteiger partial charge in [0.05, 0.1) is 10.9 Å². The summed E-state index contributed by atoms with van der Waals surface area (Å²) in [6, 6.07) is 5.79. The molecule has 1 aromatic carbocycles. The largest absolute Gasteiger partial charge is 0.480 e. The van der Waals surface area contributed by atoms with Gasteiger partial charge < -0.3 is 20.3 Å². The van der Waals surface area contributed by atoms with Gasteiger partial charge in [0.1, 0.15) is 24.3 Å². The van der Waals surface area contributed by atoms with E-state index in [1.54, 1.807) is 4.57 Å². The highest BCUT2D eigenvalue weighted by atomic mass is 16.4. The summed E-state index contributed by atoms with van der Waals surface area (Å²) in [6.07, 6.45) is 1.35. The normalized spacial score (nSPS) is 11.1. The minimum absolute atomic E-state index is 0.169. The van der Waals surface area contributed by atoms with E-state index in [4.69, 9.17) is 10.8 Å². The van der Waals surface area contributed by atoms with Crippen LogP contribution in [0.25, 0.3) is 21.9 Å². The average Bonchev–Trinajstić information content (AvgIpc) is 2.73. The van der Waals surface area contributed by atoms with Crippen LogP contribution in [-0.4, -0.2) is 39.7 Å². The van der Waals surface area contributed by atoms with E-state index in [1.165, 1.54) is 6.33 Å². The van der Waals surface area contributed by atoms with Crippen LogP contribution in [0, 0.1) is 0 Å². The molecule has 0 aliphatic carbocycles. The molecule has 3 aromatic rings. The van der Waals surface area contributed by atoms with Crippen molar-refractivity contribution >= 4 is 39.4 Å². The van der Waals surface area contributed by atoms with Crippen LogP contribution in [0.1, 0.15) is 0 Å². The van der Waals surface area contributed by atoms with Crippen LogP contribution >= 0.6 is 0 Å². The molecule has 3 rings (SSSR count). The molecule has 0 saturated heterocycles. The number of hydrogen-bond donors (Lipinski definition) is 2. The van der Waals surface area contributed by atoms with Crippen molar-refractivity contribution in [1.82, 2.24) is 14.5 Å². The lowest BCUT2D eigenvalue weighted by molar-refractivity contribution is -0.137. The number of nitrogens with zero attached hydrogens (tertiary/aromatic N) is 4. The number of hydrogen-bond acceptors (Lipinski definition) is 5. The number of nitrogens with two attached hydrogens (primary N) is 1. The lowest BCUT2D eigenvalue weighted by atomic mass is 10.2. The van der Waals surface area contributed by atoms with Gasteiger partial charge >= 0.3 is 5.97 Å². The highest BCUT2D eigenvalue weighted by Crippen LogP contribution is 2.32. The Morgan fingerprint density at radius 3 is 2.81 bits per heavy atom. The molecule has 0 unspecified atom stereocenters. The van der Waals surface area contributed by atoms with Gasteiger partial charge in [0.15, 0.2) is 0 Å². The Bertz CT molecular complexity index is 853. The van der Waals surface area contributed by atoms with E-state index in [1.807, 2.05) is 37.2 Å². The summed E-state index contributed by atoms with van der Waals surface area (Å²) in [5, 5.41) is 10.7. The summed E-state index contributed by atoms with van der Waals surface area (Å²) in [5.74, 6) is -0.576. The van der Waals surface area contributed by atoms with E-state index < -0.39 is 5.97 Å². The Balaban J connectivity index is 2.43. The highest BCUT2D eigenvalue weighted by Gasteiger charge is 2.17. The number of nitrogen functional groups attached to an aromatic ring is 1. The molecule has 0 aliphatic rings. The van der Waals surface area contributed by atoms with Crippen molar-refractivity contribution in [2.45, 2.75) is 6.54 Å². The van der Waals surface area contributed by atoms with Gasteiger partial charge in [0.25, 0.3) is 0 Å². The van der Waals surface area contributed by atoms with Crippen molar-refractivity contribution in [2.24, 2.45) is 0 Å². The van der Waals surface area contributed by atoms with Gasteiger partial charge in [0.2, 0.25) is 0 Å². The van der Waals surface area contributed by atoms with E-state index >= 15 is 0 Å². The predicted octanol–water partition coefficient (Wildman–Crippen LogP) is 1.32. The predicted molar refractivity (Wildman–Crippen MR) is 81.4 cm³/mol. The quantitative estimate of drug-likeness (QED) is 0.753. The third kappa shape index (κ3) is 2.03. The molecule has 0 atom stereocenters. The molecule has 7 heteroatoms. The van der Waals surface area contributed by atoms with Gasteiger partial charge in [0, 0.05) is 25.2 Å². The first-order valence-electron chi connectivity index (χ1n) is 6.40. The fourth-order valence-corrected chi connectivity index (χ4v) is 2.50. The summed E-state index contributed by atoms with van der Waals surface area (Å²) in [6.45, 7) is -0.169. The van der Waals surface area contributed by atoms with Crippen molar-refractivity contribution in [3.8, 4) is 0 Å². The third-order valence-corrected chi connectivity index (χ3v) is 3.46. The zero-order chi connectivity index (χ0) is 15.1. The molecule has 3 N–H and O–H groups in total. The van der Waals surface area contributed by atoms with Crippen LogP contribution in [0.15, 0.2) is 24.5 Å². The van der Waals surface area contributed by atoms with Gasteiger partial charge in [-0.05, 0) is 18.2 Å². The molecule has 0 radical (unpaired) electrons. The van der Waals surface area contributed by atoms with Gasteiger partial charge in [-0.3, -0.25) is 4.79 Å². The SMILES string of the molecule is CN(C)c1ccc2c(c1)c1c(N)ncnc1n2CC(=O)O. The molecule has 0 saturated carbocycles. The maximum atomic E-state index is 11.1. The Hall–Kier alpha value is -2.83. The fourth-order valence-electron chi connectivity index (χ4n) is 2.50. The van der Waals surface area contributed by atoms with Crippen molar-refractivity contribution in [3.63, 3.8) is 0 Å². The minimum Gasteiger partial charge on any atom is -0.480 e. The van der Waals surface area contributed by atoms with Crippen molar-refractivity contribution in [2.75, 3.05) is 24.7 Å². The van der Waals surface area contributed by atoms with Gasteiger partial charge in [-0.25, -0.2) is 9.97 Å². The Kier molecular flexibility index (Phi) is 2.90. The number of benzene rings is 1. The Morgan fingerprint density at radius 2 is 2.14 bits per heavy atom. The van der Waals surface area contributed by atoms with Crippen LogP contribution in [0.2, 0.25) is 0 Å². The molecule has 108 valence electrons. The first kappa shape index (κ1) is 13.2. The molecule has 0 spiro atoms. The van der Waals surface area contributed by atoms with Gasteiger partial charge in [-0.15, -0.1) is 0 Å². The molecule has 2 aromatic heterocycles. The summed E-state index contributed by atoms with van der Waals surface area (Å²) >= 11 is 0. The number of rotatable bonds is 3. The number of aromatic nitrogens is 3. The fraction of sp³-hybridized carbons (Fsp3) is 0.214. The van der Waals surface area contributed by atoms with E-state index in [2.05, 4.69) is 9.97 Å². The third-order valence-electron chi connectivity index (χ3n) is 3.46. The topological polar surface area (TPSA) is 97.3 Å². The Labute approximate surface area is 120 Å². The van der Waals surface area contributed by atoms with Crippen molar-refractivity contribution in [3.05, 3.63) is 24.5 Å². The van der Waals surface area contributed by atoms with Crippen LogP contribution < -0.4 is 10.6 Å². The van der Waals surface area contributed by atoms with Gasteiger partial charge in [-0.2, -0.15) is 0 Å². The number of anilines is 2. The van der Waals surface area contributed by atoms with Crippen LogP contribution in [0.5, 0.6) is 0 Å². The monoisotopic (exact) mass is 285 g/mol. The average molecular weight is 285 g/mol. The van der Waals surface area contributed by atoms with Crippen molar-refractivity contribution < 1.29 is 9.90 Å². The molecule has 0 amide bonds. The second kappa shape index (κ2) is 4.62. The lowest BCUT2D eigenvalue weighted by Gasteiger charge is -2.12. The zero-order valence-corrected chi connectivity index (χ0v) is 11.7. The van der Waals surface area contributed by atoms with Crippen LogP contribution in [0.3, 0.4) is 0 Å². The summed E-state index contributed by atoms with van der Waals surface area (Å²) in [4.78, 5) is 21.3. The van der Waals surface area contributed by atoms with Crippen LogP contribution in [0.4, 0.5) is 11.5 Å². The van der Waals surface area contributed by atoms with E-state index in [0.717, 1.165) is 16.6 Å². The Morgan fingerprint density at radius 1 is 1.38 bits per heavy atom. The summed E-state index contributed by atoms with van der Waals surface area (Å²) < 4.78 is 1.64. The van der Waals surface area contributed by atoms with Crippen LogP contribution in [-0.2, 0) is 11.3 Å². The molecule has 21 heavy (non-hydrogen) atoms. The van der Waals surface area contributed by atoms with Gasteiger partial charge in [-0.1, -0.05) is 0 Å². The number of carbonyl (C=O) groups is 1. The number of aliphatic carboxylic acids is 1. The second-order valence-corrected chi connectivity index (χ2v) is 5.03. The lowest BCUT2D eigenvalue weighted by Crippen LogP contribution is -2.10. The standard InChI is InChI=1S/C14H15N5O2/c1-18(2)8-3-4-10-9(5-8)12-13(15)16-7-17-14(12)19(10)6-11(20)21/h3-5,7H,6H2,1-2H3,(H,20,21)(H2,15,16,17). The van der Waals surface area contributed by atoms with E-state index in [0.29, 0.717) is 16.9 Å². The van der Waals surface area contributed by atoms with Crippen molar-refractivity contribution in [1.29, 1.82) is 0 Å². The maximum absolute atomic E-state index is 11.1. The number of fused-ring (bicyclic) bond motifs is 3. The van der Waals surface area contributed by atoms with E-state index in [-0.39, 0.29) is 6.54 Å². The highest BCUT2D eigenvalue weighted by molar-refractivity contribution is 6.12. The minimum atomic E-state index is -0.928. The first-order chi connectivity index (χ1) is 9.99. The smallest absolute Gasteiger partial charge is 0.323 e. The number of carboxylic acids is 1. The molecular weight excluding hydrogens is 270 g/mol. The second-order valence-electron chi connectivity index (χ2n) is 5.03. The molecule has 7 nitrogen and oxygen atoms in total. The molecule has 0 bridgehead atoms. The molecule has 0 aliphatic heterocycles. The maximum Gasteiger partial charge on any atom is 0.323 e. The first-order valence-corrected chi connectivity index (χ1v) is 6.40. The summed E-state index contributed by atoms with van der Waals surface area (Å²) in [5.41, 5.74) is 8.29. The summed E-state index contributed by atoms with van der Waals surface area (Å²) in [7, 11) is 3.88. The molecule has 0 fully saturated rings. The zero-order valence-electron chi connectivity index (χ0n) is 11.7. The molecule has 2 heterocycles. The number of carboxylic acid groups (broad SMARTS) is 1.